The molecule has 0 fully saturated rings. The van der Waals surface area contributed by atoms with E-state index in [1.807, 2.05) is 6.07 Å². The van der Waals surface area contributed by atoms with Crippen molar-refractivity contribution in [2.24, 2.45) is 12.8 Å². The van der Waals surface area contributed by atoms with Gasteiger partial charge in [-0.1, -0.05) is 0 Å². The lowest BCUT2D eigenvalue weighted by Gasteiger charge is -2.35. The summed E-state index contributed by atoms with van der Waals surface area (Å²) in [4.78, 5) is 2.20. The van der Waals surface area contributed by atoms with E-state index in [1.54, 1.807) is 7.11 Å². The standard InChI is InChI=1S/C16H25N3O/c1-16(11-17,18(2)3)9-12-10-19(4)15-7-6-13(20-5)8-14(12)15/h6-8,10H,9,11,17H2,1-5H3. The number of likely N-dealkylation sites (N-methyl/N-ethyl adjacent to an activating group) is 1. The topological polar surface area (TPSA) is 43.4 Å². The minimum atomic E-state index is -0.0443. The van der Waals surface area contributed by atoms with Crippen LogP contribution in [0.3, 0.4) is 0 Å². The molecule has 0 spiro atoms. The van der Waals surface area contributed by atoms with Crippen LogP contribution in [0.5, 0.6) is 5.75 Å². The highest BCUT2D eigenvalue weighted by Crippen LogP contribution is 2.29. The van der Waals surface area contributed by atoms with E-state index in [0.717, 1.165) is 12.2 Å². The zero-order valence-electron chi connectivity index (χ0n) is 13.1. The van der Waals surface area contributed by atoms with Crippen LogP contribution in [0.2, 0.25) is 0 Å². The molecule has 2 rings (SSSR count). The summed E-state index contributed by atoms with van der Waals surface area (Å²) in [6.07, 6.45) is 3.11. The summed E-state index contributed by atoms with van der Waals surface area (Å²) in [6, 6.07) is 6.21. The molecule has 0 saturated heterocycles. The molecule has 1 aromatic heterocycles. The van der Waals surface area contributed by atoms with Gasteiger partial charge in [0.05, 0.1) is 7.11 Å². The lowest BCUT2D eigenvalue weighted by atomic mass is 9.91. The summed E-state index contributed by atoms with van der Waals surface area (Å²) < 4.78 is 7.51. The largest absolute Gasteiger partial charge is 0.497 e. The Balaban J connectivity index is 2.49. The number of aromatic nitrogens is 1. The summed E-state index contributed by atoms with van der Waals surface area (Å²) in [5.74, 6) is 0.893. The number of rotatable bonds is 5. The van der Waals surface area contributed by atoms with E-state index in [9.17, 15) is 0 Å². The molecule has 110 valence electrons. The van der Waals surface area contributed by atoms with Crippen molar-refractivity contribution in [3.8, 4) is 5.75 Å². The van der Waals surface area contributed by atoms with E-state index in [0.29, 0.717) is 6.54 Å². The van der Waals surface area contributed by atoms with Crippen LogP contribution in [0.4, 0.5) is 0 Å². The number of fused-ring (bicyclic) bond motifs is 1. The van der Waals surface area contributed by atoms with E-state index in [4.69, 9.17) is 10.5 Å². The Morgan fingerprint density at radius 1 is 1.35 bits per heavy atom. The molecule has 20 heavy (non-hydrogen) atoms. The van der Waals surface area contributed by atoms with E-state index in [-0.39, 0.29) is 5.54 Å². The Bertz CT molecular complexity index is 603. The second-order valence-electron chi connectivity index (χ2n) is 5.92. The molecule has 4 nitrogen and oxygen atoms in total. The molecular weight excluding hydrogens is 250 g/mol. The fourth-order valence-corrected chi connectivity index (χ4v) is 2.54. The molecule has 0 bridgehead atoms. The van der Waals surface area contributed by atoms with Crippen LogP contribution in [0.15, 0.2) is 24.4 Å². The molecule has 1 unspecified atom stereocenters. The number of nitrogens with zero attached hydrogens (tertiary/aromatic N) is 2. The zero-order chi connectivity index (χ0) is 14.9. The number of ether oxygens (including phenoxy) is 1. The molecule has 1 heterocycles. The van der Waals surface area contributed by atoms with Crippen molar-refractivity contribution in [1.29, 1.82) is 0 Å². The second-order valence-corrected chi connectivity index (χ2v) is 5.92. The first-order chi connectivity index (χ1) is 9.41. The maximum atomic E-state index is 5.99. The molecule has 0 saturated carbocycles. The molecule has 4 heteroatoms. The van der Waals surface area contributed by atoms with Crippen molar-refractivity contribution >= 4 is 10.9 Å². The molecular formula is C16H25N3O. The van der Waals surface area contributed by atoms with Gasteiger partial charge in [0.15, 0.2) is 0 Å². The molecule has 1 aromatic carbocycles. The first-order valence-corrected chi connectivity index (χ1v) is 6.91. The van der Waals surface area contributed by atoms with E-state index < -0.39 is 0 Å². The lowest BCUT2D eigenvalue weighted by molar-refractivity contribution is 0.181. The number of hydrogen-bond acceptors (Lipinski definition) is 3. The fraction of sp³-hybridized carbons (Fsp3) is 0.500. The number of aryl methyl sites for hydroxylation is 1. The Morgan fingerprint density at radius 3 is 2.60 bits per heavy atom. The minimum absolute atomic E-state index is 0.0443. The van der Waals surface area contributed by atoms with E-state index in [2.05, 4.69) is 55.9 Å². The van der Waals surface area contributed by atoms with Crippen LogP contribution in [0.1, 0.15) is 12.5 Å². The monoisotopic (exact) mass is 275 g/mol. The van der Waals surface area contributed by atoms with Crippen LogP contribution in [-0.4, -0.2) is 42.8 Å². The van der Waals surface area contributed by atoms with Gasteiger partial charge in [-0.2, -0.15) is 0 Å². The van der Waals surface area contributed by atoms with Crippen LogP contribution >= 0.6 is 0 Å². The Kier molecular flexibility index (Phi) is 4.06. The summed E-state index contributed by atoms with van der Waals surface area (Å²) >= 11 is 0. The minimum Gasteiger partial charge on any atom is -0.497 e. The van der Waals surface area contributed by atoms with Crippen LogP contribution in [-0.2, 0) is 13.5 Å². The molecule has 2 aromatic rings. The summed E-state index contributed by atoms with van der Waals surface area (Å²) in [5, 5.41) is 1.24. The van der Waals surface area contributed by atoms with Crippen molar-refractivity contribution in [1.82, 2.24) is 9.47 Å². The predicted molar refractivity (Wildman–Crippen MR) is 84.3 cm³/mol. The van der Waals surface area contributed by atoms with Gasteiger partial charge in [-0.3, -0.25) is 0 Å². The normalized spacial score (nSPS) is 14.8. The van der Waals surface area contributed by atoms with Gasteiger partial charge in [0.1, 0.15) is 5.75 Å². The molecule has 0 aliphatic heterocycles. The summed E-state index contributed by atoms with van der Waals surface area (Å²) in [7, 11) is 7.94. The van der Waals surface area contributed by atoms with Gasteiger partial charge in [0, 0.05) is 36.2 Å². The highest BCUT2D eigenvalue weighted by Gasteiger charge is 2.27. The Labute approximate surface area is 121 Å². The molecule has 2 N–H and O–H groups in total. The van der Waals surface area contributed by atoms with Crippen LogP contribution in [0, 0.1) is 0 Å². The average Bonchev–Trinajstić information content (AvgIpc) is 2.74. The first kappa shape index (κ1) is 14.9. The Hall–Kier alpha value is -1.52. The second kappa shape index (κ2) is 5.46. The van der Waals surface area contributed by atoms with Crippen molar-refractivity contribution < 1.29 is 4.74 Å². The Morgan fingerprint density at radius 2 is 2.05 bits per heavy atom. The SMILES string of the molecule is COc1ccc2c(c1)c(CC(C)(CN)N(C)C)cn2C. The van der Waals surface area contributed by atoms with E-state index >= 15 is 0 Å². The van der Waals surface area contributed by atoms with E-state index in [1.165, 1.54) is 16.5 Å². The molecule has 1 atom stereocenters. The van der Waals surface area contributed by atoms with Crippen LogP contribution in [0.25, 0.3) is 10.9 Å². The van der Waals surface area contributed by atoms with Crippen molar-refractivity contribution in [3.63, 3.8) is 0 Å². The summed E-state index contributed by atoms with van der Waals surface area (Å²) in [6.45, 7) is 2.83. The molecule has 0 aliphatic rings. The third kappa shape index (κ3) is 2.53. The maximum absolute atomic E-state index is 5.99. The first-order valence-electron chi connectivity index (χ1n) is 6.91. The van der Waals surface area contributed by atoms with Gasteiger partial charge in [0.25, 0.3) is 0 Å². The highest BCUT2D eigenvalue weighted by atomic mass is 16.5. The summed E-state index contributed by atoms with van der Waals surface area (Å²) in [5.41, 5.74) is 8.47. The molecule has 0 aliphatic carbocycles. The quantitative estimate of drug-likeness (QED) is 0.908. The smallest absolute Gasteiger partial charge is 0.119 e. The van der Waals surface area contributed by atoms with Crippen molar-refractivity contribution in [2.45, 2.75) is 18.9 Å². The van der Waals surface area contributed by atoms with Gasteiger partial charge >= 0.3 is 0 Å². The fourth-order valence-electron chi connectivity index (χ4n) is 2.54. The number of hydrogen-bond donors (Lipinski definition) is 1. The lowest BCUT2D eigenvalue weighted by Crippen LogP contribution is -2.49. The van der Waals surface area contributed by atoms with Crippen molar-refractivity contribution in [3.05, 3.63) is 30.0 Å². The molecule has 0 amide bonds. The number of methoxy groups -OCH3 is 1. The average molecular weight is 275 g/mol. The zero-order valence-corrected chi connectivity index (χ0v) is 13.1. The molecule has 0 radical (unpaired) electrons. The number of benzene rings is 1. The van der Waals surface area contributed by atoms with Gasteiger partial charge < -0.3 is 19.9 Å². The highest BCUT2D eigenvalue weighted by molar-refractivity contribution is 5.85. The van der Waals surface area contributed by atoms with Gasteiger partial charge in [0.2, 0.25) is 0 Å². The third-order valence-electron chi connectivity index (χ3n) is 4.37. The van der Waals surface area contributed by atoms with Gasteiger partial charge in [-0.15, -0.1) is 0 Å². The number of nitrogens with two attached hydrogens (primary N) is 1. The van der Waals surface area contributed by atoms with Gasteiger partial charge in [-0.05, 0) is 51.2 Å². The van der Waals surface area contributed by atoms with Crippen molar-refractivity contribution in [2.75, 3.05) is 27.7 Å². The van der Waals surface area contributed by atoms with Gasteiger partial charge in [-0.25, -0.2) is 0 Å². The maximum Gasteiger partial charge on any atom is 0.119 e. The predicted octanol–water partition coefficient (Wildman–Crippen LogP) is 2.01. The third-order valence-corrected chi connectivity index (χ3v) is 4.37. The van der Waals surface area contributed by atoms with Crippen LogP contribution < -0.4 is 10.5 Å².